The molecule has 1 N–H and O–H groups in total. The number of benzene rings is 1. The minimum atomic E-state index is 0.0753. The Morgan fingerprint density at radius 2 is 1.95 bits per heavy atom. The van der Waals surface area contributed by atoms with Gasteiger partial charge in [-0.15, -0.1) is 0 Å². The number of nitrogens with zero attached hydrogens (tertiary/aromatic N) is 3. The van der Waals surface area contributed by atoms with Crippen molar-refractivity contribution >= 4 is 16.9 Å². The number of hydrogen-bond donors (Lipinski definition) is 1. The maximum absolute atomic E-state index is 12.4. The zero-order valence-corrected chi connectivity index (χ0v) is 13.3. The van der Waals surface area contributed by atoms with E-state index in [0.29, 0.717) is 5.56 Å². The van der Waals surface area contributed by atoms with Gasteiger partial charge in [0.1, 0.15) is 5.82 Å². The van der Waals surface area contributed by atoms with Crippen molar-refractivity contribution in [2.75, 3.05) is 33.7 Å². The third-order valence-electron chi connectivity index (χ3n) is 3.62. The highest BCUT2D eigenvalue weighted by molar-refractivity contribution is 5.97. The fourth-order valence-corrected chi connectivity index (χ4v) is 2.34. The lowest BCUT2D eigenvalue weighted by molar-refractivity contribution is 0.0773. The molecule has 0 aliphatic carbocycles. The summed E-state index contributed by atoms with van der Waals surface area (Å²) >= 11 is 0. The van der Waals surface area contributed by atoms with Crippen LogP contribution in [0.4, 0.5) is 0 Å². The predicted molar refractivity (Wildman–Crippen MR) is 85.6 cm³/mol. The van der Waals surface area contributed by atoms with Crippen LogP contribution in [0.15, 0.2) is 18.2 Å². The van der Waals surface area contributed by atoms with Crippen LogP contribution in [0.25, 0.3) is 11.0 Å². The smallest absolute Gasteiger partial charge is 0.253 e. The van der Waals surface area contributed by atoms with Crippen LogP contribution < -0.4 is 0 Å². The van der Waals surface area contributed by atoms with Crippen molar-refractivity contribution in [2.24, 2.45) is 0 Å². The molecule has 0 unspecified atom stereocenters. The van der Waals surface area contributed by atoms with Crippen LogP contribution in [0, 0.1) is 0 Å². The number of hydrogen-bond acceptors (Lipinski definition) is 3. The molecule has 0 aliphatic rings. The van der Waals surface area contributed by atoms with E-state index >= 15 is 0 Å². The molecule has 0 bridgehead atoms. The summed E-state index contributed by atoms with van der Waals surface area (Å²) in [4.78, 5) is 24.2. The highest BCUT2D eigenvalue weighted by Crippen LogP contribution is 2.15. The summed E-state index contributed by atoms with van der Waals surface area (Å²) in [5.41, 5.74) is 2.57. The number of aromatic nitrogens is 2. The minimum absolute atomic E-state index is 0.0753. The Balaban J connectivity index is 2.23. The molecule has 0 atom stereocenters. The van der Waals surface area contributed by atoms with Gasteiger partial charge in [0.25, 0.3) is 5.91 Å². The number of carbonyl (C=O) groups is 1. The molecule has 0 spiro atoms. The molecule has 5 heteroatoms. The SMILES string of the molecule is CCN(CC)C(=O)c1ccc2nc(CCN(C)C)[nH]c2c1. The molecule has 2 aromatic rings. The summed E-state index contributed by atoms with van der Waals surface area (Å²) in [6, 6.07) is 5.68. The first-order chi connectivity index (χ1) is 10.0. The fourth-order valence-electron chi connectivity index (χ4n) is 2.34. The van der Waals surface area contributed by atoms with E-state index in [2.05, 4.69) is 14.9 Å². The number of likely N-dealkylation sites (N-methyl/N-ethyl adjacent to an activating group) is 1. The molecule has 1 heterocycles. The van der Waals surface area contributed by atoms with Gasteiger partial charge in [-0.2, -0.15) is 0 Å². The van der Waals surface area contributed by atoms with Crippen molar-refractivity contribution in [3.05, 3.63) is 29.6 Å². The molecule has 2 rings (SSSR count). The van der Waals surface area contributed by atoms with Gasteiger partial charge >= 0.3 is 0 Å². The van der Waals surface area contributed by atoms with E-state index < -0.39 is 0 Å². The molecular formula is C16H24N4O. The van der Waals surface area contributed by atoms with Gasteiger partial charge in [-0.25, -0.2) is 4.98 Å². The Morgan fingerprint density at radius 1 is 1.24 bits per heavy atom. The standard InChI is InChI=1S/C16H24N4O/c1-5-20(6-2)16(21)12-7-8-13-14(11-12)18-15(17-13)9-10-19(3)4/h7-8,11H,5-6,9-10H2,1-4H3,(H,17,18). The number of aromatic amines is 1. The summed E-state index contributed by atoms with van der Waals surface area (Å²) in [6.07, 6.45) is 0.876. The predicted octanol–water partition coefficient (Wildman–Crippen LogP) is 2.15. The van der Waals surface area contributed by atoms with Crippen LogP contribution in [-0.4, -0.2) is 59.4 Å². The molecule has 5 nitrogen and oxygen atoms in total. The second-order valence-corrected chi connectivity index (χ2v) is 5.45. The van der Waals surface area contributed by atoms with Crippen molar-refractivity contribution in [2.45, 2.75) is 20.3 Å². The molecule has 114 valence electrons. The van der Waals surface area contributed by atoms with Gasteiger partial charge in [0, 0.05) is 31.6 Å². The molecule has 0 aliphatic heterocycles. The van der Waals surface area contributed by atoms with Gasteiger partial charge in [-0.3, -0.25) is 4.79 Å². The summed E-state index contributed by atoms with van der Waals surface area (Å²) in [5.74, 6) is 1.04. The van der Waals surface area contributed by atoms with Gasteiger partial charge in [0.05, 0.1) is 11.0 Å². The van der Waals surface area contributed by atoms with Gasteiger partial charge in [0.2, 0.25) is 0 Å². The van der Waals surface area contributed by atoms with Crippen LogP contribution in [0.5, 0.6) is 0 Å². The minimum Gasteiger partial charge on any atom is -0.342 e. The van der Waals surface area contributed by atoms with E-state index in [9.17, 15) is 4.79 Å². The zero-order chi connectivity index (χ0) is 15.4. The molecule has 1 aromatic carbocycles. The first kappa shape index (κ1) is 15.5. The van der Waals surface area contributed by atoms with E-state index in [1.807, 2.05) is 51.0 Å². The maximum atomic E-state index is 12.4. The molecule has 0 saturated carbocycles. The Hall–Kier alpha value is -1.88. The van der Waals surface area contributed by atoms with E-state index in [1.165, 1.54) is 0 Å². The largest absolute Gasteiger partial charge is 0.342 e. The number of amides is 1. The number of H-pyrrole nitrogens is 1. The average Bonchev–Trinajstić information content (AvgIpc) is 2.88. The Kier molecular flexibility index (Phi) is 4.96. The topological polar surface area (TPSA) is 52.2 Å². The van der Waals surface area contributed by atoms with Gasteiger partial charge in [0.15, 0.2) is 0 Å². The third-order valence-corrected chi connectivity index (χ3v) is 3.62. The number of nitrogens with one attached hydrogen (secondary N) is 1. The van der Waals surface area contributed by atoms with Crippen LogP contribution in [0.1, 0.15) is 30.0 Å². The molecule has 0 radical (unpaired) electrons. The van der Waals surface area contributed by atoms with Crippen LogP contribution in [0.3, 0.4) is 0 Å². The zero-order valence-electron chi connectivity index (χ0n) is 13.3. The van der Waals surface area contributed by atoms with Crippen molar-refractivity contribution in [3.8, 4) is 0 Å². The van der Waals surface area contributed by atoms with E-state index in [1.54, 1.807) is 0 Å². The van der Waals surface area contributed by atoms with E-state index in [-0.39, 0.29) is 5.91 Å². The lowest BCUT2D eigenvalue weighted by Gasteiger charge is -2.18. The van der Waals surface area contributed by atoms with Crippen molar-refractivity contribution in [3.63, 3.8) is 0 Å². The second kappa shape index (κ2) is 6.72. The van der Waals surface area contributed by atoms with Gasteiger partial charge in [-0.05, 0) is 46.1 Å². The first-order valence-corrected chi connectivity index (χ1v) is 7.47. The number of carbonyl (C=O) groups excluding carboxylic acids is 1. The van der Waals surface area contributed by atoms with Crippen molar-refractivity contribution < 1.29 is 4.79 Å². The molecular weight excluding hydrogens is 264 g/mol. The molecule has 1 amide bonds. The number of fused-ring (bicyclic) bond motifs is 1. The molecule has 0 saturated heterocycles. The Labute approximate surface area is 126 Å². The van der Waals surface area contributed by atoms with Crippen molar-refractivity contribution in [1.82, 2.24) is 19.8 Å². The molecule has 21 heavy (non-hydrogen) atoms. The normalized spacial score (nSPS) is 11.3. The number of imidazole rings is 1. The fraction of sp³-hybridized carbons (Fsp3) is 0.500. The van der Waals surface area contributed by atoms with Crippen LogP contribution in [-0.2, 0) is 6.42 Å². The van der Waals surface area contributed by atoms with Crippen LogP contribution >= 0.6 is 0 Å². The average molecular weight is 288 g/mol. The molecule has 0 fully saturated rings. The molecule has 1 aromatic heterocycles. The lowest BCUT2D eigenvalue weighted by Crippen LogP contribution is -2.30. The second-order valence-electron chi connectivity index (χ2n) is 5.45. The summed E-state index contributed by atoms with van der Waals surface area (Å²) in [6.45, 7) is 6.39. The van der Waals surface area contributed by atoms with E-state index in [0.717, 1.165) is 42.9 Å². The summed E-state index contributed by atoms with van der Waals surface area (Å²) in [7, 11) is 4.09. The highest BCUT2D eigenvalue weighted by atomic mass is 16.2. The van der Waals surface area contributed by atoms with Crippen molar-refractivity contribution in [1.29, 1.82) is 0 Å². The first-order valence-electron chi connectivity index (χ1n) is 7.47. The quantitative estimate of drug-likeness (QED) is 0.886. The van der Waals surface area contributed by atoms with Gasteiger partial charge < -0.3 is 14.8 Å². The Morgan fingerprint density at radius 3 is 2.57 bits per heavy atom. The summed E-state index contributed by atoms with van der Waals surface area (Å²) in [5, 5.41) is 0. The van der Waals surface area contributed by atoms with Gasteiger partial charge in [-0.1, -0.05) is 0 Å². The highest BCUT2D eigenvalue weighted by Gasteiger charge is 2.13. The maximum Gasteiger partial charge on any atom is 0.253 e. The lowest BCUT2D eigenvalue weighted by atomic mass is 10.1. The Bertz CT molecular complexity index is 614. The third kappa shape index (κ3) is 3.61. The summed E-state index contributed by atoms with van der Waals surface area (Å²) < 4.78 is 0. The number of rotatable bonds is 6. The van der Waals surface area contributed by atoms with E-state index in [4.69, 9.17) is 0 Å². The monoisotopic (exact) mass is 288 g/mol. The van der Waals surface area contributed by atoms with Crippen LogP contribution in [0.2, 0.25) is 0 Å².